The molecule has 1 aliphatic heterocycles. The molecule has 0 saturated carbocycles. The van der Waals surface area contributed by atoms with Crippen molar-refractivity contribution < 1.29 is 9.47 Å². The van der Waals surface area contributed by atoms with Crippen LogP contribution < -0.4 is 0 Å². The first-order valence-corrected chi connectivity index (χ1v) is 26.0. The quantitative estimate of drug-likeness (QED) is 0.163. The number of hydrogen-bond acceptors (Lipinski definition) is 2. The monoisotopic (exact) mass is 608 g/mol. The Hall–Kier alpha value is -0.0244. The predicted molar refractivity (Wildman–Crippen MR) is 159 cm³/mol. The molecule has 4 heteroatoms. The summed E-state index contributed by atoms with van der Waals surface area (Å²) >= 11 is -2.33. The van der Waals surface area contributed by atoms with Gasteiger partial charge >= 0.3 is 225 Å². The van der Waals surface area contributed by atoms with E-state index in [4.69, 9.17) is 9.47 Å². The van der Waals surface area contributed by atoms with E-state index in [2.05, 4.69) is 75.9 Å². The van der Waals surface area contributed by atoms with Gasteiger partial charge in [-0.3, -0.25) is 0 Å². The van der Waals surface area contributed by atoms with Crippen LogP contribution in [0.3, 0.4) is 0 Å². The van der Waals surface area contributed by atoms with Crippen LogP contribution >= 0.6 is 0 Å². The van der Waals surface area contributed by atoms with Crippen molar-refractivity contribution in [1.82, 2.24) is 0 Å². The van der Waals surface area contributed by atoms with E-state index in [9.17, 15) is 0 Å². The molecule has 1 saturated heterocycles. The summed E-state index contributed by atoms with van der Waals surface area (Å²) in [4.78, 5) is 0. The van der Waals surface area contributed by atoms with E-state index in [1.54, 1.807) is 5.57 Å². The van der Waals surface area contributed by atoms with Gasteiger partial charge in [-0.05, 0) is 0 Å². The minimum absolute atomic E-state index is 0.0156. The van der Waals surface area contributed by atoms with Gasteiger partial charge in [0.1, 0.15) is 0 Å². The summed E-state index contributed by atoms with van der Waals surface area (Å²) in [5.41, 5.74) is 6.65. The van der Waals surface area contributed by atoms with E-state index in [1.807, 2.05) is 0 Å². The van der Waals surface area contributed by atoms with Crippen LogP contribution in [0.1, 0.15) is 105 Å². The molecule has 2 aliphatic rings. The molecule has 0 unspecified atom stereocenters. The molecule has 200 valence electrons. The van der Waals surface area contributed by atoms with Crippen molar-refractivity contribution in [3.05, 3.63) is 21.3 Å². The van der Waals surface area contributed by atoms with Gasteiger partial charge in [0.05, 0.1) is 0 Å². The van der Waals surface area contributed by atoms with Crippen LogP contribution in [-0.4, -0.2) is 44.4 Å². The van der Waals surface area contributed by atoms with Crippen molar-refractivity contribution >= 4 is 26.5 Å². The van der Waals surface area contributed by atoms with Gasteiger partial charge in [0.2, 0.25) is 0 Å². The van der Waals surface area contributed by atoms with Crippen molar-refractivity contribution in [3.63, 3.8) is 0 Å². The Bertz CT molecular complexity index is 743. The van der Waals surface area contributed by atoms with Gasteiger partial charge in [-0.1, -0.05) is 0 Å². The first-order valence-electron chi connectivity index (χ1n) is 14.8. The molecule has 0 bridgehead atoms. The van der Waals surface area contributed by atoms with E-state index < -0.39 is 32.2 Å². The molecule has 0 N–H and O–H groups in total. The van der Waals surface area contributed by atoms with Crippen molar-refractivity contribution in [2.75, 3.05) is 0 Å². The van der Waals surface area contributed by atoms with Gasteiger partial charge in [0.25, 0.3) is 0 Å². The third-order valence-corrected chi connectivity index (χ3v) is 22.5. The van der Waals surface area contributed by atoms with Gasteiger partial charge in [-0.2, -0.15) is 0 Å². The topological polar surface area (TPSA) is 18.5 Å². The van der Waals surface area contributed by atoms with Crippen LogP contribution in [0.4, 0.5) is 0 Å². The third kappa shape index (κ3) is 10.7. The Kier molecular flexibility index (Phi) is 13.2. The summed E-state index contributed by atoms with van der Waals surface area (Å²) in [6.45, 7) is 18.2. The Morgan fingerprint density at radius 1 is 0.886 bits per heavy atom. The number of hydrogen-bond donors (Lipinski definition) is 0. The molecule has 2 rings (SSSR count). The number of unbranched alkanes of at least 4 members (excludes halogenated alkanes) is 3. The molecular weight excluding hydrogens is 551 g/mol. The maximum atomic E-state index is 6.59. The molecule has 1 heterocycles. The summed E-state index contributed by atoms with van der Waals surface area (Å²) in [6.07, 6.45) is 16.9. The predicted octanol–water partition coefficient (Wildman–Crippen LogP) is 9.59. The Labute approximate surface area is 224 Å². The molecule has 0 spiro atoms. The Morgan fingerprint density at radius 2 is 1.46 bits per heavy atom. The molecule has 1 fully saturated rings. The summed E-state index contributed by atoms with van der Waals surface area (Å²) in [6, 6.07) is 0. The summed E-state index contributed by atoms with van der Waals surface area (Å²) < 4.78 is 20.4. The minimum atomic E-state index is -2.33. The Morgan fingerprint density at radius 3 is 2.00 bits per heavy atom. The molecule has 0 aromatic heterocycles. The van der Waals surface area contributed by atoms with Crippen LogP contribution in [0.15, 0.2) is 21.3 Å². The second-order valence-electron chi connectivity index (χ2n) is 12.6. The number of ether oxygens (including phenoxy) is 2. The van der Waals surface area contributed by atoms with Crippen LogP contribution in [0, 0.1) is 11.5 Å². The molecule has 2 atom stereocenters. The average Bonchev–Trinajstić information content (AvgIpc) is 2.95. The fraction of sp³-hybridized carbons (Fsp3) is 0.806. The van der Waals surface area contributed by atoms with Crippen molar-refractivity contribution in [1.29, 1.82) is 0 Å². The third-order valence-electron chi connectivity index (χ3n) is 7.56. The second kappa shape index (κ2) is 14.8. The fourth-order valence-electron chi connectivity index (χ4n) is 5.54. The maximum absolute atomic E-state index is 6.59. The zero-order valence-electron chi connectivity index (χ0n) is 24.5. The van der Waals surface area contributed by atoms with E-state index >= 15 is 0 Å². The van der Waals surface area contributed by atoms with Crippen molar-refractivity contribution in [2.24, 2.45) is 0 Å². The van der Waals surface area contributed by atoms with Gasteiger partial charge in [0, 0.05) is 0 Å². The van der Waals surface area contributed by atoms with Crippen LogP contribution in [0.25, 0.3) is 0 Å². The van der Waals surface area contributed by atoms with E-state index in [0.717, 1.165) is 6.42 Å². The summed E-state index contributed by atoms with van der Waals surface area (Å²) in [5, 5.41) is 0. The van der Waals surface area contributed by atoms with Crippen LogP contribution in [-0.2, 0) is 9.47 Å². The van der Waals surface area contributed by atoms with E-state index in [-0.39, 0.29) is 12.2 Å². The second-order valence-corrected chi connectivity index (χ2v) is 30.4. The zero-order chi connectivity index (χ0) is 26.0. The zero-order valence-corrected chi connectivity index (χ0v) is 28.4. The van der Waals surface area contributed by atoms with Crippen LogP contribution in [0.2, 0.25) is 33.0 Å². The van der Waals surface area contributed by atoms with Crippen molar-refractivity contribution in [2.45, 2.75) is 156 Å². The first-order chi connectivity index (χ1) is 16.5. The van der Waals surface area contributed by atoms with Gasteiger partial charge < -0.3 is 0 Å². The van der Waals surface area contributed by atoms with Crippen LogP contribution in [0.5, 0.6) is 0 Å². The molecule has 0 radical (unpaired) electrons. The van der Waals surface area contributed by atoms with E-state index in [0.29, 0.717) is 0 Å². The summed E-state index contributed by atoms with van der Waals surface area (Å²) in [7, 11) is -1.47. The van der Waals surface area contributed by atoms with Crippen molar-refractivity contribution in [3.8, 4) is 11.5 Å². The van der Waals surface area contributed by atoms with Gasteiger partial charge in [0.15, 0.2) is 0 Å². The molecule has 0 aromatic rings. The molecule has 0 amide bonds. The van der Waals surface area contributed by atoms with Gasteiger partial charge in [-0.15, -0.1) is 0 Å². The normalized spacial score (nSPS) is 23.4. The number of rotatable bonds is 12. The Balaban J connectivity index is 2.46. The SMILES string of the molecule is CCC[CH2][Sn](/[CH]=C\C1=C([C@@H]2OC(C)(C)O[C@H]2C#C[Si](C)(C)C)CCCCC1)([CH2]CCC)[CH2]CCC. The summed E-state index contributed by atoms with van der Waals surface area (Å²) in [5.74, 6) is 2.98. The number of allylic oxidation sites excluding steroid dienone is 2. The van der Waals surface area contributed by atoms with E-state index in [1.165, 1.54) is 83.1 Å². The molecule has 35 heavy (non-hydrogen) atoms. The average molecular weight is 608 g/mol. The fourth-order valence-corrected chi connectivity index (χ4v) is 20.3. The molecule has 2 nitrogen and oxygen atoms in total. The molecule has 0 aromatic carbocycles. The van der Waals surface area contributed by atoms with Gasteiger partial charge in [-0.25, -0.2) is 0 Å². The molecular formula is C31H56O2SiSn. The first kappa shape index (κ1) is 31.2. The standard InChI is InChI=1S/C19H29O2Si.3C4H9.Sn/c1-7-15-11-9-8-10-12-16(15)18-17(13-14-22(4,5)6)20-19(2,3)21-18;3*1-3-4-2;/h1,7,17-18H,8-12H2,2-6H3;3*1,3-4H2,2H3;/t17-,18-;;;;/m0..../s1. The molecule has 1 aliphatic carbocycles.